The van der Waals surface area contributed by atoms with Gasteiger partial charge in [-0.05, 0) is 37.9 Å². The summed E-state index contributed by atoms with van der Waals surface area (Å²) < 4.78 is 18.8. The zero-order chi connectivity index (χ0) is 13.2. The summed E-state index contributed by atoms with van der Waals surface area (Å²) >= 11 is 0. The molecule has 4 nitrogen and oxygen atoms in total. The minimum absolute atomic E-state index is 0.130. The molecule has 1 aromatic heterocycles. The fourth-order valence-electron chi connectivity index (χ4n) is 2.29. The average molecular weight is 261 g/mol. The van der Waals surface area contributed by atoms with Crippen LogP contribution in [0.25, 0.3) is 11.4 Å². The lowest BCUT2D eigenvalue weighted by molar-refractivity contribution is 0.297. The Hall–Kier alpha value is -1.75. The van der Waals surface area contributed by atoms with Gasteiger partial charge in [0.1, 0.15) is 5.82 Å². The number of hydrogen-bond donors (Lipinski definition) is 1. The highest BCUT2D eigenvalue weighted by atomic mass is 19.1. The normalized spacial score (nSPS) is 19.6. The van der Waals surface area contributed by atoms with E-state index in [9.17, 15) is 4.39 Å². The van der Waals surface area contributed by atoms with Gasteiger partial charge in [-0.15, -0.1) is 0 Å². The number of piperidine rings is 1. The summed E-state index contributed by atoms with van der Waals surface area (Å²) in [5.41, 5.74) is 1.26. The molecule has 100 valence electrons. The van der Waals surface area contributed by atoms with Crippen molar-refractivity contribution in [3.8, 4) is 11.4 Å². The third-order valence-electron chi connectivity index (χ3n) is 3.48. The Bertz CT molecular complexity index is 576. The van der Waals surface area contributed by atoms with Crippen molar-refractivity contribution in [2.45, 2.75) is 32.2 Å². The second-order valence-electron chi connectivity index (χ2n) is 4.92. The minimum Gasteiger partial charge on any atom is -0.337 e. The Morgan fingerprint density at radius 2 is 2.26 bits per heavy atom. The first-order chi connectivity index (χ1) is 9.24. The van der Waals surface area contributed by atoms with Gasteiger partial charge in [-0.1, -0.05) is 23.7 Å². The lowest BCUT2D eigenvalue weighted by Crippen LogP contribution is -2.26. The predicted octanol–water partition coefficient (Wildman–Crippen LogP) is 3.00. The number of aryl methyl sites for hydroxylation is 1. The second-order valence-corrected chi connectivity index (χ2v) is 4.92. The molecular weight excluding hydrogens is 245 g/mol. The molecular formula is C14H16FN3O. The van der Waals surface area contributed by atoms with Crippen LogP contribution in [0.1, 0.15) is 36.8 Å². The van der Waals surface area contributed by atoms with E-state index in [-0.39, 0.29) is 11.9 Å². The molecule has 0 unspecified atom stereocenters. The lowest BCUT2D eigenvalue weighted by atomic mass is 10.1. The molecule has 1 atom stereocenters. The zero-order valence-electron chi connectivity index (χ0n) is 10.8. The Labute approximate surface area is 111 Å². The summed E-state index contributed by atoms with van der Waals surface area (Å²) in [7, 11) is 0. The molecule has 1 aliphatic heterocycles. The first-order valence-electron chi connectivity index (χ1n) is 6.57. The molecule has 1 aliphatic rings. The molecule has 0 saturated carbocycles. The zero-order valence-corrected chi connectivity index (χ0v) is 10.8. The van der Waals surface area contributed by atoms with Crippen LogP contribution in [0.3, 0.4) is 0 Å². The number of benzene rings is 1. The monoisotopic (exact) mass is 261 g/mol. The van der Waals surface area contributed by atoms with Gasteiger partial charge in [-0.2, -0.15) is 4.98 Å². The molecule has 2 aromatic rings. The fourth-order valence-corrected chi connectivity index (χ4v) is 2.29. The highest BCUT2D eigenvalue weighted by molar-refractivity contribution is 5.54. The van der Waals surface area contributed by atoms with E-state index >= 15 is 0 Å². The van der Waals surface area contributed by atoms with Crippen molar-refractivity contribution in [1.82, 2.24) is 15.5 Å². The van der Waals surface area contributed by atoms with E-state index < -0.39 is 0 Å². The topological polar surface area (TPSA) is 51.0 Å². The fraction of sp³-hybridized carbons (Fsp3) is 0.429. The van der Waals surface area contributed by atoms with Gasteiger partial charge < -0.3 is 9.84 Å². The maximum absolute atomic E-state index is 13.5. The molecule has 5 heteroatoms. The van der Waals surface area contributed by atoms with Crippen LogP contribution in [0.2, 0.25) is 0 Å². The first-order valence-corrected chi connectivity index (χ1v) is 6.57. The van der Waals surface area contributed by atoms with Crippen molar-refractivity contribution in [3.63, 3.8) is 0 Å². The number of nitrogens with one attached hydrogen (secondary N) is 1. The van der Waals surface area contributed by atoms with E-state index in [1.165, 1.54) is 12.5 Å². The quantitative estimate of drug-likeness (QED) is 0.902. The summed E-state index contributed by atoms with van der Waals surface area (Å²) in [4.78, 5) is 4.37. The average Bonchev–Trinajstić information content (AvgIpc) is 2.93. The molecule has 1 aromatic carbocycles. The standard InChI is InChI=1S/C14H16FN3O/c1-9-5-6-10(8-11(9)15)13-17-14(19-18-13)12-4-2-3-7-16-12/h5-6,8,12,16H,2-4,7H2,1H3/t12-/m1/s1. The smallest absolute Gasteiger partial charge is 0.244 e. The molecule has 3 rings (SSSR count). The van der Waals surface area contributed by atoms with Crippen molar-refractivity contribution in [3.05, 3.63) is 35.5 Å². The van der Waals surface area contributed by atoms with Gasteiger partial charge in [-0.3, -0.25) is 0 Å². The van der Waals surface area contributed by atoms with Gasteiger partial charge >= 0.3 is 0 Å². The Morgan fingerprint density at radius 1 is 1.37 bits per heavy atom. The molecule has 0 amide bonds. The summed E-state index contributed by atoms with van der Waals surface area (Å²) in [5, 5.41) is 7.29. The molecule has 1 N–H and O–H groups in total. The number of nitrogens with zero attached hydrogens (tertiary/aromatic N) is 2. The Balaban J connectivity index is 1.85. The van der Waals surface area contributed by atoms with Crippen LogP contribution in [-0.4, -0.2) is 16.7 Å². The van der Waals surface area contributed by atoms with E-state index in [1.807, 2.05) is 0 Å². The van der Waals surface area contributed by atoms with Crippen LogP contribution in [0.4, 0.5) is 4.39 Å². The molecule has 0 bridgehead atoms. The number of rotatable bonds is 2. The predicted molar refractivity (Wildman–Crippen MR) is 69.0 cm³/mol. The van der Waals surface area contributed by atoms with Crippen molar-refractivity contribution in [1.29, 1.82) is 0 Å². The molecule has 0 aliphatic carbocycles. The molecule has 19 heavy (non-hydrogen) atoms. The van der Waals surface area contributed by atoms with Gasteiger partial charge in [0.15, 0.2) is 0 Å². The summed E-state index contributed by atoms with van der Waals surface area (Å²) in [6, 6.07) is 5.10. The van der Waals surface area contributed by atoms with Gasteiger partial charge in [-0.25, -0.2) is 4.39 Å². The van der Waals surface area contributed by atoms with E-state index in [0.29, 0.717) is 22.8 Å². The molecule has 0 radical (unpaired) electrons. The summed E-state index contributed by atoms with van der Waals surface area (Å²) in [6.07, 6.45) is 3.35. The highest BCUT2D eigenvalue weighted by Crippen LogP contribution is 2.24. The van der Waals surface area contributed by atoms with Crippen LogP contribution >= 0.6 is 0 Å². The van der Waals surface area contributed by atoms with Crippen molar-refractivity contribution < 1.29 is 8.91 Å². The van der Waals surface area contributed by atoms with Gasteiger partial charge in [0.25, 0.3) is 0 Å². The Morgan fingerprint density at radius 3 is 3.00 bits per heavy atom. The van der Waals surface area contributed by atoms with E-state index in [1.54, 1.807) is 19.1 Å². The molecule has 1 saturated heterocycles. The van der Waals surface area contributed by atoms with Gasteiger partial charge in [0.2, 0.25) is 11.7 Å². The summed E-state index contributed by atoms with van der Waals surface area (Å²) in [6.45, 7) is 2.70. The van der Waals surface area contributed by atoms with Crippen molar-refractivity contribution >= 4 is 0 Å². The van der Waals surface area contributed by atoms with E-state index in [4.69, 9.17) is 4.52 Å². The third-order valence-corrected chi connectivity index (χ3v) is 3.48. The molecule has 1 fully saturated rings. The Kier molecular flexibility index (Phi) is 3.29. The third kappa shape index (κ3) is 2.51. The van der Waals surface area contributed by atoms with Crippen molar-refractivity contribution in [2.24, 2.45) is 0 Å². The van der Waals surface area contributed by atoms with Crippen LogP contribution in [0.5, 0.6) is 0 Å². The van der Waals surface area contributed by atoms with Crippen LogP contribution in [0.15, 0.2) is 22.7 Å². The minimum atomic E-state index is -0.250. The highest BCUT2D eigenvalue weighted by Gasteiger charge is 2.21. The molecule has 0 spiro atoms. The van der Waals surface area contributed by atoms with Crippen LogP contribution in [0, 0.1) is 12.7 Å². The maximum Gasteiger partial charge on any atom is 0.244 e. The summed E-state index contributed by atoms with van der Waals surface area (Å²) in [5.74, 6) is 0.789. The van der Waals surface area contributed by atoms with Crippen LogP contribution in [-0.2, 0) is 0 Å². The number of aromatic nitrogens is 2. The first kappa shape index (κ1) is 12.3. The second kappa shape index (κ2) is 5.09. The SMILES string of the molecule is Cc1ccc(-c2noc([C@H]3CCCCN3)n2)cc1F. The number of hydrogen-bond acceptors (Lipinski definition) is 4. The van der Waals surface area contributed by atoms with E-state index in [2.05, 4.69) is 15.5 Å². The molecule has 2 heterocycles. The van der Waals surface area contributed by atoms with E-state index in [0.717, 1.165) is 19.4 Å². The number of halogens is 1. The van der Waals surface area contributed by atoms with Gasteiger partial charge in [0, 0.05) is 5.56 Å². The lowest BCUT2D eigenvalue weighted by Gasteiger charge is -2.19. The maximum atomic E-state index is 13.5. The van der Waals surface area contributed by atoms with Crippen molar-refractivity contribution in [2.75, 3.05) is 6.54 Å². The largest absolute Gasteiger partial charge is 0.337 e. The van der Waals surface area contributed by atoms with Gasteiger partial charge in [0.05, 0.1) is 6.04 Å². The van der Waals surface area contributed by atoms with Crippen LogP contribution < -0.4 is 5.32 Å².